The summed E-state index contributed by atoms with van der Waals surface area (Å²) in [4.78, 5) is 10.4. The molecule has 0 atom stereocenters. The highest BCUT2D eigenvalue weighted by molar-refractivity contribution is 14.1. The molecule has 0 aliphatic carbocycles. The highest BCUT2D eigenvalue weighted by atomic mass is 127. The first-order valence-electron chi connectivity index (χ1n) is 3.85. The van der Waals surface area contributed by atoms with Gasteiger partial charge in [0, 0.05) is 3.57 Å². The molecule has 1 aromatic rings. The third-order valence-electron chi connectivity index (χ3n) is 1.41. The van der Waals surface area contributed by atoms with E-state index < -0.39 is 0 Å². The predicted octanol–water partition coefficient (Wildman–Crippen LogP) is 1.55. The van der Waals surface area contributed by atoms with E-state index in [4.69, 9.17) is 10.5 Å². The Kier molecular flexibility index (Phi) is 4.01. The van der Waals surface area contributed by atoms with Crippen molar-refractivity contribution in [3.63, 3.8) is 0 Å². The van der Waals surface area contributed by atoms with Crippen molar-refractivity contribution in [2.45, 2.75) is 6.42 Å². The smallest absolute Gasteiger partial charge is 0.220 e. The average molecular weight is 291 g/mol. The lowest BCUT2D eigenvalue weighted by molar-refractivity contribution is -0.118. The molecule has 2 N–H and O–H groups in total. The summed E-state index contributed by atoms with van der Waals surface area (Å²) in [5, 5.41) is 0. The van der Waals surface area contributed by atoms with E-state index in [1.165, 1.54) is 0 Å². The maximum Gasteiger partial charge on any atom is 0.220 e. The van der Waals surface area contributed by atoms with Crippen LogP contribution in [0, 0.1) is 3.57 Å². The molecule has 0 fully saturated rings. The van der Waals surface area contributed by atoms with E-state index in [0.29, 0.717) is 6.61 Å². The summed E-state index contributed by atoms with van der Waals surface area (Å²) >= 11 is 2.20. The van der Waals surface area contributed by atoms with E-state index in [0.717, 1.165) is 9.32 Å². The molecule has 70 valence electrons. The van der Waals surface area contributed by atoms with E-state index in [1.54, 1.807) is 0 Å². The quantitative estimate of drug-likeness (QED) is 0.856. The van der Waals surface area contributed by atoms with Gasteiger partial charge in [-0.15, -0.1) is 0 Å². The highest BCUT2D eigenvalue weighted by Gasteiger charge is 1.96. The lowest BCUT2D eigenvalue weighted by atomic mass is 10.3. The number of ether oxygens (including phenoxy) is 1. The van der Waals surface area contributed by atoms with E-state index in [9.17, 15) is 4.79 Å². The van der Waals surface area contributed by atoms with Gasteiger partial charge in [-0.1, -0.05) is 6.07 Å². The lowest BCUT2D eigenvalue weighted by Gasteiger charge is -2.04. The van der Waals surface area contributed by atoms with Crippen LogP contribution in [0.3, 0.4) is 0 Å². The second-order valence-electron chi connectivity index (χ2n) is 2.52. The molecule has 0 radical (unpaired) electrons. The molecule has 0 heterocycles. The molecule has 13 heavy (non-hydrogen) atoms. The lowest BCUT2D eigenvalue weighted by Crippen LogP contribution is -2.14. The number of carbonyl (C=O) groups excluding carboxylic acids is 1. The Labute approximate surface area is 90.4 Å². The number of benzene rings is 1. The number of carbonyl (C=O) groups is 1. The Balaban J connectivity index is 2.41. The van der Waals surface area contributed by atoms with Gasteiger partial charge in [-0.05, 0) is 40.8 Å². The van der Waals surface area contributed by atoms with Crippen LogP contribution in [-0.4, -0.2) is 12.5 Å². The molecule has 0 aliphatic rings. The predicted molar refractivity (Wildman–Crippen MR) is 58.5 cm³/mol. The fourth-order valence-corrected chi connectivity index (χ4v) is 1.34. The Morgan fingerprint density at radius 1 is 1.54 bits per heavy atom. The van der Waals surface area contributed by atoms with E-state index in [2.05, 4.69) is 22.6 Å². The van der Waals surface area contributed by atoms with Gasteiger partial charge in [-0.2, -0.15) is 0 Å². The van der Waals surface area contributed by atoms with Crippen LogP contribution in [0.1, 0.15) is 6.42 Å². The van der Waals surface area contributed by atoms with Crippen LogP contribution < -0.4 is 10.5 Å². The minimum atomic E-state index is -0.342. The SMILES string of the molecule is NC(=O)CCOc1cccc(I)c1. The Morgan fingerprint density at radius 2 is 2.31 bits per heavy atom. The molecule has 3 nitrogen and oxygen atoms in total. The van der Waals surface area contributed by atoms with Crippen molar-refractivity contribution in [3.8, 4) is 5.75 Å². The van der Waals surface area contributed by atoms with Crippen molar-refractivity contribution >= 4 is 28.5 Å². The molecule has 0 aliphatic heterocycles. The van der Waals surface area contributed by atoms with Crippen molar-refractivity contribution < 1.29 is 9.53 Å². The average Bonchev–Trinajstić information content (AvgIpc) is 2.03. The number of rotatable bonds is 4. The molecule has 0 aromatic heterocycles. The first-order valence-corrected chi connectivity index (χ1v) is 4.93. The molecule has 1 rings (SSSR count). The van der Waals surface area contributed by atoms with Crippen LogP contribution >= 0.6 is 22.6 Å². The number of primary amides is 1. The van der Waals surface area contributed by atoms with Gasteiger partial charge in [0.15, 0.2) is 0 Å². The zero-order valence-electron chi connectivity index (χ0n) is 7.00. The summed E-state index contributed by atoms with van der Waals surface area (Å²) in [6.07, 6.45) is 0.255. The third-order valence-corrected chi connectivity index (χ3v) is 2.08. The summed E-state index contributed by atoms with van der Waals surface area (Å²) in [5.41, 5.74) is 4.97. The standard InChI is InChI=1S/C9H10INO2/c10-7-2-1-3-8(6-7)13-5-4-9(11)12/h1-3,6H,4-5H2,(H2,11,12). The zero-order chi connectivity index (χ0) is 9.68. The Morgan fingerprint density at radius 3 is 2.92 bits per heavy atom. The van der Waals surface area contributed by atoms with Crippen LogP contribution in [0.4, 0.5) is 0 Å². The molecule has 0 saturated heterocycles. The maximum atomic E-state index is 10.4. The summed E-state index contributed by atoms with van der Waals surface area (Å²) < 4.78 is 6.40. The van der Waals surface area contributed by atoms with Gasteiger partial charge in [0.05, 0.1) is 13.0 Å². The second kappa shape index (κ2) is 5.06. The van der Waals surface area contributed by atoms with Crippen molar-refractivity contribution in [1.29, 1.82) is 0 Å². The number of halogens is 1. The first kappa shape index (κ1) is 10.3. The van der Waals surface area contributed by atoms with Gasteiger partial charge in [-0.3, -0.25) is 4.79 Å². The summed E-state index contributed by atoms with van der Waals surface area (Å²) in [5.74, 6) is 0.429. The second-order valence-corrected chi connectivity index (χ2v) is 3.77. The largest absolute Gasteiger partial charge is 0.493 e. The molecule has 4 heteroatoms. The topological polar surface area (TPSA) is 52.3 Å². The minimum absolute atomic E-state index is 0.255. The monoisotopic (exact) mass is 291 g/mol. The van der Waals surface area contributed by atoms with Gasteiger partial charge in [0.2, 0.25) is 5.91 Å². The number of hydrogen-bond donors (Lipinski definition) is 1. The zero-order valence-corrected chi connectivity index (χ0v) is 9.15. The molecular weight excluding hydrogens is 281 g/mol. The normalized spacial score (nSPS) is 9.62. The van der Waals surface area contributed by atoms with Crippen molar-refractivity contribution in [1.82, 2.24) is 0 Å². The van der Waals surface area contributed by atoms with E-state index in [-0.39, 0.29) is 12.3 Å². The fraction of sp³-hybridized carbons (Fsp3) is 0.222. The fourth-order valence-electron chi connectivity index (χ4n) is 0.826. The Hall–Kier alpha value is -0.780. The van der Waals surface area contributed by atoms with Crippen LogP contribution in [0.5, 0.6) is 5.75 Å². The summed E-state index contributed by atoms with van der Waals surface area (Å²) in [6, 6.07) is 7.63. The van der Waals surface area contributed by atoms with Crippen molar-refractivity contribution in [3.05, 3.63) is 27.8 Å². The van der Waals surface area contributed by atoms with Crippen LogP contribution in [0.15, 0.2) is 24.3 Å². The van der Waals surface area contributed by atoms with Crippen LogP contribution in [0.25, 0.3) is 0 Å². The molecule has 0 bridgehead atoms. The van der Waals surface area contributed by atoms with Gasteiger partial charge < -0.3 is 10.5 Å². The molecule has 1 aromatic carbocycles. The molecule has 0 spiro atoms. The third kappa shape index (κ3) is 4.12. The first-order chi connectivity index (χ1) is 6.18. The van der Waals surface area contributed by atoms with Gasteiger partial charge in [0.25, 0.3) is 0 Å². The minimum Gasteiger partial charge on any atom is -0.493 e. The Bertz CT molecular complexity index is 301. The van der Waals surface area contributed by atoms with E-state index >= 15 is 0 Å². The molecule has 0 saturated carbocycles. The summed E-state index contributed by atoms with van der Waals surface area (Å²) in [6.45, 7) is 0.343. The summed E-state index contributed by atoms with van der Waals surface area (Å²) in [7, 11) is 0. The van der Waals surface area contributed by atoms with Gasteiger partial charge in [0.1, 0.15) is 5.75 Å². The number of amides is 1. The van der Waals surface area contributed by atoms with Gasteiger partial charge in [-0.25, -0.2) is 0 Å². The van der Waals surface area contributed by atoms with Crippen molar-refractivity contribution in [2.75, 3.05) is 6.61 Å². The number of hydrogen-bond acceptors (Lipinski definition) is 2. The molecule has 0 unspecified atom stereocenters. The van der Waals surface area contributed by atoms with Crippen LogP contribution in [0.2, 0.25) is 0 Å². The maximum absolute atomic E-state index is 10.4. The van der Waals surface area contributed by atoms with E-state index in [1.807, 2.05) is 24.3 Å². The van der Waals surface area contributed by atoms with Crippen molar-refractivity contribution in [2.24, 2.45) is 5.73 Å². The molecule has 1 amide bonds. The highest BCUT2D eigenvalue weighted by Crippen LogP contribution is 2.14. The van der Waals surface area contributed by atoms with Crippen LogP contribution in [-0.2, 0) is 4.79 Å². The number of nitrogens with two attached hydrogens (primary N) is 1. The van der Waals surface area contributed by atoms with Gasteiger partial charge >= 0.3 is 0 Å². The molecular formula is C9H10INO2.